The fraction of sp³-hybridized carbons (Fsp3) is 0.128. The highest BCUT2D eigenvalue weighted by Crippen LogP contribution is 2.64. The second-order valence-electron chi connectivity index (χ2n) is 14.0. The summed E-state index contributed by atoms with van der Waals surface area (Å²) in [5, 5.41) is 0. The Hall–Kier alpha value is -6.13. The smallest absolute Gasteiger partial charge is 0.160 e. The molecule has 3 aliphatic carbocycles. The number of nitrogens with zero attached hydrogens (tertiary/aromatic N) is 3. The van der Waals surface area contributed by atoms with Crippen LogP contribution in [0.2, 0.25) is 0 Å². The van der Waals surface area contributed by atoms with Gasteiger partial charge in [0.05, 0.1) is 22.5 Å². The van der Waals surface area contributed by atoms with Crippen LogP contribution in [0.25, 0.3) is 50.7 Å². The van der Waals surface area contributed by atoms with Gasteiger partial charge in [0.25, 0.3) is 0 Å². The molecule has 244 valence electrons. The Labute approximate surface area is 298 Å². The second kappa shape index (κ2) is 11.7. The molecule has 4 heteroatoms. The molecule has 6 aromatic rings. The van der Waals surface area contributed by atoms with E-state index in [4.69, 9.17) is 14.7 Å². The molecule has 0 fully saturated rings. The van der Waals surface area contributed by atoms with E-state index in [-0.39, 0.29) is 11.3 Å². The Bertz CT molecular complexity index is 2420. The lowest BCUT2D eigenvalue weighted by Gasteiger charge is -2.47. The lowest BCUT2D eigenvalue weighted by Crippen LogP contribution is -2.43. The highest BCUT2D eigenvalue weighted by Gasteiger charge is 2.56. The zero-order valence-corrected chi connectivity index (χ0v) is 28.3. The van der Waals surface area contributed by atoms with Crippen molar-refractivity contribution in [1.82, 2.24) is 15.0 Å². The maximum atomic E-state index is 6.77. The molecular weight excluding hydrogens is 623 g/mol. The molecule has 1 spiro atoms. The van der Waals surface area contributed by atoms with E-state index >= 15 is 0 Å². The first kappa shape index (κ1) is 29.8. The summed E-state index contributed by atoms with van der Waals surface area (Å²) in [4.78, 5) is 14.7. The van der Waals surface area contributed by atoms with Crippen molar-refractivity contribution in [3.63, 3.8) is 0 Å². The van der Waals surface area contributed by atoms with Gasteiger partial charge in [-0.1, -0.05) is 116 Å². The van der Waals surface area contributed by atoms with Crippen molar-refractivity contribution in [2.24, 2.45) is 11.8 Å². The Kier molecular flexibility index (Phi) is 6.85. The summed E-state index contributed by atoms with van der Waals surface area (Å²) in [6.45, 7) is 2.32. The second-order valence-corrected chi connectivity index (χ2v) is 14.0. The van der Waals surface area contributed by atoms with E-state index in [1.54, 1.807) is 6.20 Å². The highest BCUT2D eigenvalue weighted by atomic mass is 16.5. The SMILES string of the molecule is CC1C=CC2=C(C1)c1ccccc1C21c2cc(-c3cccc(-c4cc(-c5ccccn5)nc(-c5ccccc5)n4)c3)ccc2OC2=CC=CCC21. The van der Waals surface area contributed by atoms with E-state index in [0.29, 0.717) is 11.7 Å². The number of benzene rings is 4. The number of allylic oxidation sites excluding steroid dienone is 8. The molecule has 0 amide bonds. The fourth-order valence-electron chi connectivity index (χ4n) is 8.73. The van der Waals surface area contributed by atoms with Crippen LogP contribution < -0.4 is 4.74 Å². The summed E-state index contributed by atoms with van der Waals surface area (Å²) < 4.78 is 6.77. The van der Waals surface area contributed by atoms with Crippen LogP contribution in [0.3, 0.4) is 0 Å². The molecule has 4 aromatic carbocycles. The van der Waals surface area contributed by atoms with Crippen LogP contribution in [0.4, 0.5) is 0 Å². The molecule has 51 heavy (non-hydrogen) atoms. The van der Waals surface area contributed by atoms with E-state index in [1.165, 1.54) is 27.8 Å². The molecule has 3 unspecified atom stereocenters. The Balaban J connectivity index is 1.14. The van der Waals surface area contributed by atoms with E-state index in [2.05, 4.69) is 121 Å². The molecule has 0 radical (unpaired) electrons. The van der Waals surface area contributed by atoms with E-state index < -0.39 is 0 Å². The van der Waals surface area contributed by atoms with E-state index in [9.17, 15) is 0 Å². The largest absolute Gasteiger partial charge is 0.461 e. The summed E-state index contributed by atoms with van der Waals surface area (Å²) in [6.07, 6.45) is 15.2. The maximum Gasteiger partial charge on any atom is 0.160 e. The van der Waals surface area contributed by atoms with Gasteiger partial charge in [0.2, 0.25) is 0 Å². The van der Waals surface area contributed by atoms with Crippen molar-refractivity contribution in [2.45, 2.75) is 25.2 Å². The number of hydrogen-bond acceptors (Lipinski definition) is 4. The van der Waals surface area contributed by atoms with Crippen molar-refractivity contribution in [1.29, 1.82) is 0 Å². The average molecular weight is 658 g/mol. The van der Waals surface area contributed by atoms with Crippen LogP contribution in [-0.4, -0.2) is 15.0 Å². The third kappa shape index (κ3) is 4.70. The monoisotopic (exact) mass is 657 g/mol. The van der Waals surface area contributed by atoms with Gasteiger partial charge in [-0.15, -0.1) is 0 Å². The Morgan fingerprint density at radius 1 is 0.686 bits per heavy atom. The quantitative estimate of drug-likeness (QED) is 0.189. The zero-order chi connectivity index (χ0) is 33.9. The van der Waals surface area contributed by atoms with Gasteiger partial charge in [0.1, 0.15) is 11.5 Å². The molecule has 4 nitrogen and oxygen atoms in total. The summed E-state index contributed by atoms with van der Waals surface area (Å²) in [5.74, 6) is 3.34. The number of pyridine rings is 1. The van der Waals surface area contributed by atoms with Crippen LogP contribution in [0.5, 0.6) is 5.75 Å². The molecule has 2 aromatic heterocycles. The molecule has 1 aliphatic heterocycles. The zero-order valence-electron chi connectivity index (χ0n) is 28.3. The topological polar surface area (TPSA) is 47.9 Å². The third-order valence-electron chi connectivity index (χ3n) is 11.0. The lowest BCUT2D eigenvalue weighted by molar-refractivity contribution is 0.252. The summed E-state index contributed by atoms with van der Waals surface area (Å²) >= 11 is 0. The number of rotatable bonds is 4. The van der Waals surface area contributed by atoms with Crippen LogP contribution in [0, 0.1) is 11.8 Å². The molecule has 0 N–H and O–H groups in total. The van der Waals surface area contributed by atoms with E-state index in [1.807, 2.05) is 42.5 Å². The first-order valence-corrected chi connectivity index (χ1v) is 17.8. The van der Waals surface area contributed by atoms with Gasteiger partial charge in [-0.25, -0.2) is 9.97 Å². The summed E-state index contributed by atoms with van der Waals surface area (Å²) in [5.41, 5.74) is 13.3. The molecule has 0 saturated carbocycles. The number of fused-ring (bicyclic) bond motifs is 8. The van der Waals surface area contributed by atoms with Crippen LogP contribution in [-0.2, 0) is 5.41 Å². The van der Waals surface area contributed by atoms with Gasteiger partial charge < -0.3 is 4.74 Å². The predicted octanol–water partition coefficient (Wildman–Crippen LogP) is 11.0. The molecular formula is C47H35N3O. The Morgan fingerprint density at radius 3 is 2.39 bits per heavy atom. The van der Waals surface area contributed by atoms with Crippen molar-refractivity contribution in [3.05, 3.63) is 186 Å². The number of ether oxygens (including phenoxy) is 1. The average Bonchev–Trinajstić information content (AvgIpc) is 3.48. The van der Waals surface area contributed by atoms with E-state index in [0.717, 1.165) is 63.7 Å². The summed E-state index contributed by atoms with van der Waals surface area (Å²) in [7, 11) is 0. The Morgan fingerprint density at radius 2 is 1.49 bits per heavy atom. The van der Waals surface area contributed by atoms with Crippen molar-refractivity contribution < 1.29 is 4.74 Å². The van der Waals surface area contributed by atoms with Gasteiger partial charge in [-0.05, 0) is 94.6 Å². The maximum absolute atomic E-state index is 6.77. The lowest BCUT2D eigenvalue weighted by atomic mass is 9.59. The van der Waals surface area contributed by atoms with Gasteiger partial charge >= 0.3 is 0 Å². The van der Waals surface area contributed by atoms with Crippen molar-refractivity contribution >= 4 is 5.57 Å². The number of hydrogen-bond donors (Lipinski definition) is 0. The summed E-state index contributed by atoms with van der Waals surface area (Å²) in [6, 6.07) is 42.7. The van der Waals surface area contributed by atoms with Crippen molar-refractivity contribution in [2.75, 3.05) is 0 Å². The molecule has 0 saturated heterocycles. The first-order chi connectivity index (χ1) is 25.2. The number of aromatic nitrogens is 3. The van der Waals surface area contributed by atoms with Gasteiger partial charge in [-0.2, -0.15) is 0 Å². The minimum Gasteiger partial charge on any atom is -0.461 e. The van der Waals surface area contributed by atoms with Crippen LogP contribution in [0.1, 0.15) is 36.5 Å². The predicted molar refractivity (Wildman–Crippen MR) is 205 cm³/mol. The molecule has 0 bridgehead atoms. The fourth-order valence-corrected chi connectivity index (χ4v) is 8.73. The van der Waals surface area contributed by atoms with Gasteiger partial charge in [0, 0.05) is 28.8 Å². The van der Waals surface area contributed by atoms with Gasteiger partial charge in [0.15, 0.2) is 5.82 Å². The van der Waals surface area contributed by atoms with Crippen LogP contribution in [0.15, 0.2) is 169 Å². The van der Waals surface area contributed by atoms with Crippen LogP contribution >= 0.6 is 0 Å². The normalized spacial score (nSPS) is 21.0. The molecule has 3 heterocycles. The highest BCUT2D eigenvalue weighted by molar-refractivity contribution is 5.88. The first-order valence-electron chi connectivity index (χ1n) is 17.8. The molecule has 3 atom stereocenters. The standard InChI is InChI=1S/C47H35N3O/c1-30-21-23-38-36(26-30)35-16-5-6-17-37(35)47(38)39-18-7-8-20-44(39)51-45-24-22-33(28-40(45)47)32-14-11-15-34(27-32)42-29-43(41-19-9-10-25-48-41)50-46(49-42)31-12-3-2-4-13-31/h2-17,19-25,27-30,39H,18,26H2,1H3. The molecule has 4 aliphatic rings. The minimum atomic E-state index is -0.338. The van der Waals surface area contributed by atoms with Gasteiger partial charge in [-0.3, -0.25) is 4.98 Å². The third-order valence-corrected chi connectivity index (χ3v) is 11.0. The molecule has 10 rings (SSSR count). The minimum absolute atomic E-state index is 0.172. The van der Waals surface area contributed by atoms with Crippen molar-refractivity contribution in [3.8, 4) is 50.9 Å².